The maximum absolute atomic E-state index is 12.3. The van der Waals surface area contributed by atoms with Gasteiger partial charge in [0.15, 0.2) is 0 Å². The van der Waals surface area contributed by atoms with Crippen LogP contribution in [0.25, 0.3) is 0 Å². The number of nitrogens with one attached hydrogen (secondary N) is 1. The van der Waals surface area contributed by atoms with Crippen LogP contribution in [-0.2, 0) is 10.0 Å². The Kier molecular flexibility index (Phi) is 4.06. The molecule has 0 aromatic heterocycles. The van der Waals surface area contributed by atoms with Crippen molar-refractivity contribution >= 4 is 27.3 Å². The fourth-order valence-electron chi connectivity index (χ4n) is 2.24. The van der Waals surface area contributed by atoms with Gasteiger partial charge in [0.1, 0.15) is 0 Å². The van der Waals surface area contributed by atoms with E-state index in [0.29, 0.717) is 10.6 Å². The van der Waals surface area contributed by atoms with E-state index in [2.05, 4.69) is 9.62 Å². The van der Waals surface area contributed by atoms with Gasteiger partial charge in [-0.3, -0.25) is 0 Å². The number of hydrogen-bond donors (Lipinski definition) is 2. The van der Waals surface area contributed by atoms with Gasteiger partial charge in [0, 0.05) is 12.6 Å². The van der Waals surface area contributed by atoms with Crippen LogP contribution in [0.15, 0.2) is 17.0 Å². The summed E-state index contributed by atoms with van der Waals surface area (Å²) in [7, 11) is -1.57. The third kappa shape index (κ3) is 3.20. The van der Waals surface area contributed by atoms with Crippen LogP contribution in [0, 0.1) is 6.92 Å². The van der Waals surface area contributed by atoms with E-state index >= 15 is 0 Å². The molecule has 0 aliphatic carbocycles. The zero-order valence-corrected chi connectivity index (χ0v) is 12.6. The summed E-state index contributed by atoms with van der Waals surface area (Å²) in [6.45, 7) is 3.36. The number of anilines is 1. The highest BCUT2D eigenvalue weighted by Crippen LogP contribution is 2.27. The highest BCUT2D eigenvalue weighted by molar-refractivity contribution is 7.89. The Bertz CT molecular complexity index is 566. The molecule has 106 valence electrons. The van der Waals surface area contributed by atoms with Gasteiger partial charge in [-0.05, 0) is 44.6 Å². The van der Waals surface area contributed by atoms with Gasteiger partial charge < -0.3 is 10.6 Å². The predicted molar refractivity (Wildman–Crippen MR) is 76.8 cm³/mol. The number of nitrogens with zero attached hydrogens (tertiary/aromatic N) is 1. The third-order valence-corrected chi connectivity index (χ3v) is 5.30. The quantitative estimate of drug-likeness (QED) is 0.823. The number of sulfonamides is 1. The van der Waals surface area contributed by atoms with Crippen molar-refractivity contribution in [2.75, 3.05) is 25.9 Å². The largest absolute Gasteiger partial charge is 0.397 e. The van der Waals surface area contributed by atoms with E-state index in [-0.39, 0.29) is 16.6 Å². The highest BCUT2D eigenvalue weighted by atomic mass is 35.5. The fourth-order valence-corrected chi connectivity index (χ4v) is 3.73. The van der Waals surface area contributed by atoms with E-state index in [1.54, 1.807) is 13.0 Å². The number of likely N-dealkylation sites (N-methyl/N-ethyl adjacent to an activating group) is 1. The maximum Gasteiger partial charge on any atom is 0.240 e. The van der Waals surface area contributed by atoms with Crippen molar-refractivity contribution < 1.29 is 8.42 Å². The SMILES string of the molecule is Cc1cc(S(=O)(=O)NC2CCN(C)C2)cc(N)c1Cl. The predicted octanol–water partition coefficient (Wildman–Crippen LogP) is 1.21. The summed E-state index contributed by atoms with van der Waals surface area (Å²) in [5.41, 5.74) is 6.66. The molecule has 0 radical (unpaired) electrons. The smallest absolute Gasteiger partial charge is 0.240 e. The third-order valence-electron chi connectivity index (χ3n) is 3.28. The van der Waals surface area contributed by atoms with Crippen LogP contribution >= 0.6 is 11.6 Å². The average Bonchev–Trinajstić information content (AvgIpc) is 2.70. The second-order valence-corrected chi connectivity index (χ2v) is 7.10. The van der Waals surface area contributed by atoms with Crippen LogP contribution < -0.4 is 10.5 Å². The first kappa shape index (κ1) is 14.6. The van der Waals surface area contributed by atoms with E-state index in [0.717, 1.165) is 19.5 Å². The molecule has 1 fully saturated rings. The van der Waals surface area contributed by atoms with Crippen molar-refractivity contribution in [2.45, 2.75) is 24.3 Å². The van der Waals surface area contributed by atoms with Gasteiger partial charge in [-0.15, -0.1) is 0 Å². The molecule has 1 unspecified atom stereocenters. The van der Waals surface area contributed by atoms with Crippen LogP contribution in [0.3, 0.4) is 0 Å². The summed E-state index contributed by atoms with van der Waals surface area (Å²) in [6, 6.07) is 2.89. The molecule has 0 saturated carbocycles. The molecule has 1 heterocycles. The van der Waals surface area contributed by atoms with Crippen LogP contribution in [0.5, 0.6) is 0 Å². The fraction of sp³-hybridized carbons (Fsp3) is 0.500. The lowest BCUT2D eigenvalue weighted by molar-refractivity contribution is 0.407. The number of hydrogen-bond acceptors (Lipinski definition) is 4. The second kappa shape index (κ2) is 5.28. The number of rotatable bonds is 3. The van der Waals surface area contributed by atoms with Crippen LogP contribution in [0.4, 0.5) is 5.69 Å². The van der Waals surface area contributed by atoms with Crippen molar-refractivity contribution in [3.8, 4) is 0 Å². The average molecular weight is 304 g/mol. The van der Waals surface area contributed by atoms with E-state index in [4.69, 9.17) is 17.3 Å². The summed E-state index contributed by atoms with van der Waals surface area (Å²) in [5, 5.41) is 0.402. The normalized spacial score (nSPS) is 20.9. The molecule has 0 bridgehead atoms. The minimum atomic E-state index is -3.54. The Morgan fingerprint density at radius 3 is 2.68 bits per heavy atom. The molecule has 7 heteroatoms. The molecule has 19 heavy (non-hydrogen) atoms. The number of halogens is 1. The zero-order valence-electron chi connectivity index (χ0n) is 11.0. The molecule has 1 aromatic carbocycles. The first-order valence-electron chi connectivity index (χ1n) is 6.06. The molecule has 0 spiro atoms. The molecule has 2 rings (SSSR count). The lowest BCUT2D eigenvalue weighted by Crippen LogP contribution is -2.36. The Labute approximate surface area is 118 Å². The summed E-state index contributed by atoms with van der Waals surface area (Å²) in [4.78, 5) is 2.26. The number of nitrogen functional groups attached to an aromatic ring is 1. The highest BCUT2D eigenvalue weighted by Gasteiger charge is 2.26. The van der Waals surface area contributed by atoms with Crippen molar-refractivity contribution in [1.82, 2.24) is 9.62 Å². The number of nitrogens with two attached hydrogens (primary N) is 1. The summed E-state index contributed by atoms with van der Waals surface area (Å²) >= 11 is 5.94. The molecule has 0 amide bonds. The van der Waals surface area contributed by atoms with Crippen molar-refractivity contribution in [3.63, 3.8) is 0 Å². The van der Waals surface area contributed by atoms with Gasteiger partial charge in [0.05, 0.1) is 15.6 Å². The minimum Gasteiger partial charge on any atom is -0.397 e. The van der Waals surface area contributed by atoms with E-state index in [9.17, 15) is 8.42 Å². The van der Waals surface area contributed by atoms with Crippen molar-refractivity contribution in [1.29, 1.82) is 0 Å². The van der Waals surface area contributed by atoms with Crippen LogP contribution in [-0.4, -0.2) is 39.5 Å². The molecule has 1 atom stereocenters. The van der Waals surface area contributed by atoms with Gasteiger partial charge in [-0.25, -0.2) is 13.1 Å². The molecule has 5 nitrogen and oxygen atoms in total. The molecular weight excluding hydrogens is 286 g/mol. The molecule has 3 N–H and O–H groups in total. The van der Waals surface area contributed by atoms with E-state index in [1.807, 2.05) is 7.05 Å². The number of likely N-dealkylation sites (tertiary alicyclic amines) is 1. The topological polar surface area (TPSA) is 75.4 Å². The first-order chi connectivity index (χ1) is 8.79. The Morgan fingerprint density at radius 2 is 2.16 bits per heavy atom. The molecule has 1 aromatic rings. The van der Waals surface area contributed by atoms with Gasteiger partial charge in [0.25, 0.3) is 0 Å². The lowest BCUT2D eigenvalue weighted by atomic mass is 10.2. The van der Waals surface area contributed by atoms with E-state index in [1.165, 1.54) is 6.07 Å². The van der Waals surface area contributed by atoms with Crippen molar-refractivity contribution in [2.24, 2.45) is 0 Å². The number of aryl methyl sites for hydroxylation is 1. The summed E-state index contributed by atoms with van der Waals surface area (Å²) < 4.78 is 27.3. The van der Waals surface area contributed by atoms with Gasteiger partial charge in [-0.2, -0.15) is 0 Å². The molecule has 1 saturated heterocycles. The number of benzene rings is 1. The Hall–Kier alpha value is -0.820. The zero-order chi connectivity index (χ0) is 14.2. The summed E-state index contributed by atoms with van der Waals surface area (Å²) in [5.74, 6) is 0. The molecule has 1 aliphatic heterocycles. The Morgan fingerprint density at radius 1 is 1.47 bits per heavy atom. The summed E-state index contributed by atoms with van der Waals surface area (Å²) in [6.07, 6.45) is 0.817. The van der Waals surface area contributed by atoms with Gasteiger partial charge >= 0.3 is 0 Å². The molecular formula is C12H18ClN3O2S. The Balaban J connectivity index is 2.25. The van der Waals surface area contributed by atoms with Crippen LogP contribution in [0.1, 0.15) is 12.0 Å². The van der Waals surface area contributed by atoms with Crippen molar-refractivity contribution in [3.05, 3.63) is 22.7 Å². The lowest BCUT2D eigenvalue weighted by Gasteiger charge is -2.14. The van der Waals surface area contributed by atoms with E-state index < -0.39 is 10.0 Å². The molecule has 1 aliphatic rings. The first-order valence-corrected chi connectivity index (χ1v) is 7.92. The van der Waals surface area contributed by atoms with Crippen LogP contribution in [0.2, 0.25) is 5.02 Å². The van der Waals surface area contributed by atoms with Gasteiger partial charge in [0.2, 0.25) is 10.0 Å². The maximum atomic E-state index is 12.3. The monoisotopic (exact) mass is 303 g/mol. The van der Waals surface area contributed by atoms with Gasteiger partial charge in [-0.1, -0.05) is 11.6 Å². The second-order valence-electron chi connectivity index (χ2n) is 5.01. The standard InChI is InChI=1S/C12H18ClN3O2S/c1-8-5-10(6-11(14)12(8)13)19(17,18)15-9-3-4-16(2)7-9/h5-6,9,15H,3-4,7,14H2,1-2H3. The minimum absolute atomic E-state index is 0.0489.